The first-order valence-electron chi connectivity index (χ1n) is 8.89. The van der Waals surface area contributed by atoms with E-state index in [9.17, 15) is 9.59 Å². The molecule has 0 saturated heterocycles. The lowest BCUT2D eigenvalue weighted by Crippen LogP contribution is -2.12. The smallest absolute Gasteiger partial charge is 0.341 e. The summed E-state index contributed by atoms with van der Waals surface area (Å²) < 4.78 is 22.6. The molecule has 8 heteroatoms. The topological polar surface area (TPSA) is 95.2 Å². The predicted molar refractivity (Wildman–Crippen MR) is 108 cm³/mol. The number of esters is 1. The third-order valence-corrected chi connectivity index (χ3v) is 4.64. The zero-order valence-corrected chi connectivity index (χ0v) is 17.2. The molecule has 1 aromatic heterocycles. The predicted octanol–water partition coefficient (Wildman–Crippen LogP) is 4.34. The molecule has 0 saturated carbocycles. The average Bonchev–Trinajstić information content (AvgIpc) is 3.17. The summed E-state index contributed by atoms with van der Waals surface area (Å²) in [5.41, 5.74) is 1.89. The first kappa shape index (κ1) is 20.7. The van der Waals surface area contributed by atoms with Gasteiger partial charge in [0.1, 0.15) is 18.1 Å². The molecule has 0 radical (unpaired) electrons. The molecule has 0 atom stereocenters. The van der Waals surface area contributed by atoms with E-state index in [0.717, 1.165) is 0 Å². The fourth-order valence-corrected chi connectivity index (χ4v) is 3.44. The highest BCUT2D eigenvalue weighted by Crippen LogP contribution is 2.37. The number of carboxylic acid groups (broad SMARTS) is 1. The summed E-state index contributed by atoms with van der Waals surface area (Å²) in [6.07, 6.45) is 1.60. The maximum absolute atomic E-state index is 11.8. The van der Waals surface area contributed by atoms with E-state index < -0.39 is 12.6 Å². The van der Waals surface area contributed by atoms with Crippen LogP contribution in [0.1, 0.15) is 18.1 Å². The SMILES string of the molecule is CCOC(=O)Cc1ccccc1OCc1cc(Br)c2occc2c1OCC(=O)O. The van der Waals surface area contributed by atoms with Crippen LogP contribution in [0.3, 0.4) is 0 Å². The van der Waals surface area contributed by atoms with Gasteiger partial charge in [-0.3, -0.25) is 4.79 Å². The number of ether oxygens (including phenoxy) is 3. The van der Waals surface area contributed by atoms with Crippen molar-refractivity contribution in [1.82, 2.24) is 0 Å². The number of carboxylic acids is 1. The van der Waals surface area contributed by atoms with Gasteiger partial charge in [-0.15, -0.1) is 0 Å². The largest absolute Gasteiger partial charge is 0.488 e. The number of furan rings is 1. The van der Waals surface area contributed by atoms with Crippen molar-refractivity contribution in [2.45, 2.75) is 20.0 Å². The number of rotatable bonds is 9. The Labute approximate surface area is 175 Å². The standard InChI is InChI=1S/C21H19BrO7/c1-2-26-19(25)10-13-5-3-4-6-17(13)28-11-14-9-16(22)21-15(7-8-27-21)20(14)29-12-18(23)24/h3-9H,2,10-12H2,1H3,(H,23,24). The number of hydrogen-bond acceptors (Lipinski definition) is 6. The number of benzene rings is 2. The van der Waals surface area contributed by atoms with Crippen molar-refractivity contribution in [2.75, 3.05) is 13.2 Å². The van der Waals surface area contributed by atoms with Crippen LogP contribution in [0, 0.1) is 0 Å². The summed E-state index contributed by atoms with van der Waals surface area (Å²) in [6, 6.07) is 10.6. The molecule has 0 aliphatic rings. The van der Waals surface area contributed by atoms with Gasteiger partial charge in [0.2, 0.25) is 0 Å². The molecular formula is C21H19BrO7. The van der Waals surface area contributed by atoms with Crippen molar-refractivity contribution in [3.05, 3.63) is 58.3 Å². The third kappa shape index (κ3) is 5.08. The van der Waals surface area contributed by atoms with Crippen LogP contribution in [0.15, 0.2) is 51.6 Å². The molecule has 1 N–H and O–H groups in total. The monoisotopic (exact) mass is 462 g/mol. The summed E-state index contributed by atoms with van der Waals surface area (Å²) in [6.45, 7) is 1.68. The van der Waals surface area contributed by atoms with Crippen LogP contribution in [0.2, 0.25) is 0 Å². The summed E-state index contributed by atoms with van der Waals surface area (Å²) in [5.74, 6) is -0.511. The van der Waals surface area contributed by atoms with Gasteiger partial charge in [0.15, 0.2) is 12.2 Å². The highest BCUT2D eigenvalue weighted by atomic mass is 79.9. The first-order valence-corrected chi connectivity index (χ1v) is 9.68. The lowest BCUT2D eigenvalue weighted by Gasteiger charge is -2.15. The number of carbonyl (C=O) groups excluding carboxylic acids is 1. The number of halogens is 1. The second-order valence-corrected chi connectivity index (χ2v) is 6.92. The van der Waals surface area contributed by atoms with Gasteiger partial charge in [-0.25, -0.2) is 4.79 Å². The number of carbonyl (C=O) groups is 2. The van der Waals surface area contributed by atoms with Gasteiger partial charge in [-0.1, -0.05) is 18.2 Å². The number of hydrogen-bond donors (Lipinski definition) is 1. The van der Waals surface area contributed by atoms with Crippen molar-refractivity contribution >= 4 is 38.8 Å². The van der Waals surface area contributed by atoms with Crippen LogP contribution < -0.4 is 9.47 Å². The van der Waals surface area contributed by atoms with Crippen LogP contribution in [0.25, 0.3) is 11.0 Å². The number of fused-ring (bicyclic) bond motifs is 1. The Morgan fingerprint density at radius 3 is 2.69 bits per heavy atom. The molecule has 0 bridgehead atoms. The second kappa shape index (κ2) is 9.47. The average molecular weight is 463 g/mol. The van der Waals surface area contributed by atoms with Gasteiger partial charge < -0.3 is 23.7 Å². The molecule has 7 nitrogen and oxygen atoms in total. The summed E-state index contributed by atoms with van der Waals surface area (Å²) in [4.78, 5) is 22.8. The van der Waals surface area contributed by atoms with Gasteiger partial charge in [0, 0.05) is 11.1 Å². The van der Waals surface area contributed by atoms with Gasteiger partial charge in [0.25, 0.3) is 0 Å². The highest BCUT2D eigenvalue weighted by Gasteiger charge is 2.17. The van der Waals surface area contributed by atoms with E-state index in [1.54, 1.807) is 37.3 Å². The number of para-hydroxylation sites is 1. The van der Waals surface area contributed by atoms with Crippen LogP contribution >= 0.6 is 15.9 Å². The maximum atomic E-state index is 11.8. The minimum Gasteiger partial charge on any atom is -0.488 e. The van der Waals surface area contributed by atoms with E-state index in [1.165, 1.54) is 6.26 Å². The Bertz CT molecular complexity index is 1030. The molecular weight excluding hydrogens is 444 g/mol. The Morgan fingerprint density at radius 1 is 1.14 bits per heavy atom. The van der Waals surface area contributed by atoms with Crippen molar-refractivity contribution in [3.63, 3.8) is 0 Å². The van der Waals surface area contributed by atoms with Crippen LogP contribution in [-0.2, 0) is 27.4 Å². The molecule has 0 fully saturated rings. The lowest BCUT2D eigenvalue weighted by atomic mass is 10.1. The van der Waals surface area contributed by atoms with Gasteiger partial charge in [0.05, 0.1) is 29.1 Å². The Morgan fingerprint density at radius 2 is 1.93 bits per heavy atom. The molecule has 3 rings (SSSR count). The van der Waals surface area contributed by atoms with E-state index in [0.29, 0.717) is 44.7 Å². The molecule has 0 aliphatic carbocycles. The molecule has 0 amide bonds. The number of aliphatic carboxylic acids is 1. The van der Waals surface area contributed by atoms with Gasteiger partial charge in [-0.2, -0.15) is 0 Å². The summed E-state index contributed by atoms with van der Waals surface area (Å²) >= 11 is 3.45. The van der Waals surface area contributed by atoms with Gasteiger partial charge >= 0.3 is 11.9 Å². The van der Waals surface area contributed by atoms with Crippen LogP contribution in [0.5, 0.6) is 11.5 Å². The Hall–Kier alpha value is -3.00. The van der Waals surface area contributed by atoms with E-state index in [-0.39, 0.29) is 19.0 Å². The molecule has 0 unspecified atom stereocenters. The minimum absolute atomic E-state index is 0.0941. The molecule has 0 spiro atoms. The van der Waals surface area contributed by atoms with Crippen LogP contribution in [-0.4, -0.2) is 30.3 Å². The normalized spacial score (nSPS) is 10.7. The fourth-order valence-electron chi connectivity index (χ4n) is 2.86. The van der Waals surface area contributed by atoms with Crippen molar-refractivity contribution in [1.29, 1.82) is 0 Å². The van der Waals surface area contributed by atoms with E-state index in [2.05, 4.69) is 15.9 Å². The summed E-state index contributed by atoms with van der Waals surface area (Å²) in [5, 5.41) is 9.62. The quantitative estimate of drug-likeness (QED) is 0.472. The second-order valence-electron chi connectivity index (χ2n) is 6.07. The summed E-state index contributed by atoms with van der Waals surface area (Å²) in [7, 11) is 0. The van der Waals surface area contributed by atoms with Crippen molar-refractivity contribution in [3.8, 4) is 11.5 Å². The van der Waals surface area contributed by atoms with E-state index in [4.69, 9.17) is 23.7 Å². The Balaban J connectivity index is 1.86. The fraction of sp³-hybridized carbons (Fsp3) is 0.238. The zero-order chi connectivity index (χ0) is 20.8. The van der Waals surface area contributed by atoms with Gasteiger partial charge in [-0.05, 0) is 41.1 Å². The Kier molecular flexibility index (Phi) is 6.77. The van der Waals surface area contributed by atoms with E-state index in [1.807, 2.05) is 6.07 Å². The maximum Gasteiger partial charge on any atom is 0.341 e. The highest BCUT2D eigenvalue weighted by molar-refractivity contribution is 9.10. The molecule has 29 heavy (non-hydrogen) atoms. The first-order chi connectivity index (χ1) is 14.0. The molecule has 0 aliphatic heterocycles. The van der Waals surface area contributed by atoms with Crippen molar-refractivity contribution in [2.24, 2.45) is 0 Å². The molecule has 152 valence electrons. The molecule has 3 aromatic rings. The van der Waals surface area contributed by atoms with Crippen molar-refractivity contribution < 1.29 is 33.3 Å². The van der Waals surface area contributed by atoms with E-state index >= 15 is 0 Å². The third-order valence-electron chi connectivity index (χ3n) is 4.06. The minimum atomic E-state index is -1.09. The van der Waals surface area contributed by atoms with Crippen LogP contribution in [0.4, 0.5) is 0 Å². The molecule has 1 heterocycles. The lowest BCUT2D eigenvalue weighted by molar-refractivity contribution is -0.142. The zero-order valence-electron chi connectivity index (χ0n) is 15.6. The molecule has 2 aromatic carbocycles.